The highest BCUT2D eigenvalue weighted by atomic mass is 19.1. The smallest absolute Gasteiger partial charge is 0.128 e. The van der Waals surface area contributed by atoms with Crippen LogP contribution in [0.2, 0.25) is 0 Å². The molecule has 2 nitrogen and oxygen atoms in total. The first kappa shape index (κ1) is 13.6. The lowest BCUT2D eigenvalue weighted by Gasteiger charge is -2.18. The SMILES string of the molecule is Cc1ccc(C(NN)c2cc(F)cc(F)c2)c(F)c1. The third kappa shape index (κ3) is 2.94. The van der Waals surface area contributed by atoms with Gasteiger partial charge in [0.25, 0.3) is 0 Å². The van der Waals surface area contributed by atoms with Gasteiger partial charge in [0.05, 0.1) is 6.04 Å². The van der Waals surface area contributed by atoms with Crippen LogP contribution >= 0.6 is 0 Å². The van der Waals surface area contributed by atoms with Crippen LogP contribution in [0.3, 0.4) is 0 Å². The topological polar surface area (TPSA) is 38.0 Å². The Hall–Kier alpha value is -1.85. The largest absolute Gasteiger partial charge is 0.271 e. The van der Waals surface area contributed by atoms with Gasteiger partial charge in [0.1, 0.15) is 17.5 Å². The van der Waals surface area contributed by atoms with Crippen molar-refractivity contribution in [3.63, 3.8) is 0 Å². The number of halogens is 3. The zero-order valence-corrected chi connectivity index (χ0v) is 10.3. The molecule has 0 amide bonds. The molecule has 5 heteroatoms. The van der Waals surface area contributed by atoms with Crippen molar-refractivity contribution in [2.75, 3.05) is 0 Å². The van der Waals surface area contributed by atoms with Crippen molar-refractivity contribution in [2.24, 2.45) is 5.84 Å². The van der Waals surface area contributed by atoms with E-state index in [-0.39, 0.29) is 11.1 Å². The minimum atomic E-state index is -0.814. The summed E-state index contributed by atoms with van der Waals surface area (Å²) in [7, 11) is 0. The molecule has 0 aliphatic heterocycles. The molecule has 1 unspecified atom stereocenters. The Kier molecular flexibility index (Phi) is 3.87. The van der Waals surface area contributed by atoms with Crippen LogP contribution < -0.4 is 11.3 Å². The average molecular weight is 266 g/mol. The van der Waals surface area contributed by atoms with Crippen LogP contribution in [0.1, 0.15) is 22.7 Å². The Morgan fingerprint density at radius 2 is 1.63 bits per heavy atom. The van der Waals surface area contributed by atoms with Gasteiger partial charge in [0.15, 0.2) is 0 Å². The molecule has 0 radical (unpaired) electrons. The van der Waals surface area contributed by atoms with E-state index in [9.17, 15) is 13.2 Å². The highest BCUT2D eigenvalue weighted by molar-refractivity contribution is 5.34. The quantitative estimate of drug-likeness (QED) is 0.662. The Morgan fingerprint density at radius 1 is 1.00 bits per heavy atom. The molecule has 100 valence electrons. The number of nitrogens with one attached hydrogen (secondary N) is 1. The Bertz CT molecular complexity index is 579. The summed E-state index contributed by atoms with van der Waals surface area (Å²) in [4.78, 5) is 0. The van der Waals surface area contributed by atoms with Crippen LogP contribution in [0.25, 0.3) is 0 Å². The summed E-state index contributed by atoms with van der Waals surface area (Å²) in [5, 5.41) is 0. The predicted octanol–water partition coefficient (Wildman–Crippen LogP) is 2.97. The second-order valence-electron chi connectivity index (χ2n) is 4.33. The van der Waals surface area contributed by atoms with E-state index in [0.29, 0.717) is 0 Å². The van der Waals surface area contributed by atoms with Crippen LogP contribution in [0.4, 0.5) is 13.2 Å². The van der Waals surface area contributed by atoms with Crippen molar-refractivity contribution in [3.05, 3.63) is 70.5 Å². The van der Waals surface area contributed by atoms with Crippen molar-refractivity contribution >= 4 is 0 Å². The molecule has 2 rings (SSSR count). The highest BCUT2D eigenvalue weighted by Crippen LogP contribution is 2.25. The Morgan fingerprint density at radius 3 is 2.16 bits per heavy atom. The lowest BCUT2D eigenvalue weighted by molar-refractivity contribution is 0.543. The summed E-state index contributed by atoms with van der Waals surface area (Å²) < 4.78 is 40.3. The van der Waals surface area contributed by atoms with Gasteiger partial charge in [-0.15, -0.1) is 0 Å². The average Bonchev–Trinajstić information content (AvgIpc) is 2.31. The van der Waals surface area contributed by atoms with E-state index in [1.54, 1.807) is 13.0 Å². The van der Waals surface area contributed by atoms with E-state index in [1.807, 2.05) is 0 Å². The van der Waals surface area contributed by atoms with Gasteiger partial charge >= 0.3 is 0 Å². The normalized spacial score (nSPS) is 12.5. The monoisotopic (exact) mass is 266 g/mol. The first-order valence-corrected chi connectivity index (χ1v) is 5.69. The molecule has 0 aromatic heterocycles. The molecule has 0 aliphatic carbocycles. The number of rotatable bonds is 3. The van der Waals surface area contributed by atoms with Crippen LogP contribution in [0.5, 0.6) is 0 Å². The Labute approximate surface area is 109 Å². The van der Waals surface area contributed by atoms with Crippen molar-refractivity contribution in [2.45, 2.75) is 13.0 Å². The van der Waals surface area contributed by atoms with E-state index in [2.05, 4.69) is 5.43 Å². The van der Waals surface area contributed by atoms with Gasteiger partial charge < -0.3 is 0 Å². The van der Waals surface area contributed by atoms with Gasteiger partial charge in [0, 0.05) is 11.6 Å². The molecule has 19 heavy (non-hydrogen) atoms. The number of aryl methyl sites for hydroxylation is 1. The third-order valence-electron chi connectivity index (χ3n) is 2.85. The van der Waals surface area contributed by atoms with E-state index in [1.165, 1.54) is 12.1 Å². The van der Waals surface area contributed by atoms with Gasteiger partial charge in [-0.2, -0.15) is 0 Å². The lowest BCUT2D eigenvalue weighted by Crippen LogP contribution is -2.29. The molecular formula is C14H13F3N2. The number of benzene rings is 2. The Balaban J connectivity index is 2.49. The summed E-state index contributed by atoms with van der Waals surface area (Å²) in [5.74, 6) is 3.44. The third-order valence-corrected chi connectivity index (χ3v) is 2.85. The zero-order chi connectivity index (χ0) is 14.0. The lowest BCUT2D eigenvalue weighted by atomic mass is 9.97. The maximum atomic E-state index is 13.9. The summed E-state index contributed by atoms with van der Waals surface area (Å²) in [6.45, 7) is 1.75. The van der Waals surface area contributed by atoms with Crippen LogP contribution in [-0.4, -0.2) is 0 Å². The molecule has 2 aromatic rings. The van der Waals surface area contributed by atoms with Crippen molar-refractivity contribution in [1.82, 2.24) is 5.43 Å². The zero-order valence-electron chi connectivity index (χ0n) is 10.3. The second kappa shape index (κ2) is 5.42. The summed E-state index contributed by atoms with van der Waals surface area (Å²) in [6, 6.07) is 6.76. The van der Waals surface area contributed by atoms with E-state index in [4.69, 9.17) is 5.84 Å². The van der Waals surface area contributed by atoms with Gasteiger partial charge in [-0.1, -0.05) is 12.1 Å². The van der Waals surface area contributed by atoms with E-state index in [0.717, 1.165) is 23.8 Å². The summed E-state index contributed by atoms with van der Waals surface area (Å²) in [6.07, 6.45) is 0. The second-order valence-corrected chi connectivity index (χ2v) is 4.33. The standard InChI is InChI=1S/C14H13F3N2/c1-8-2-3-12(13(17)4-8)14(19-18)9-5-10(15)7-11(16)6-9/h2-7,14,19H,18H2,1H3. The fourth-order valence-electron chi connectivity index (χ4n) is 1.97. The summed E-state index contributed by atoms with van der Waals surface area (Å²) >= 11 is 0. The van der Waals surface area contributed by atoms with Crippen LogP contribution in [0, 0.1) is 24.4 Å². The van der Waals surface area contributed by atoms with Crippen LogP contribution in [0.15, 0.2) is 36.4 Å². The van der Waals surface area contributed by atoms with Gasteiger partial charge in [-0.3, -0.25) is 5.84 Å². The van der Waals surface area contributed by atoms with E-state index < -0.39 is 23.5 Å². The molecule has 0 spiro atoms. The number of hydrogen-bond acceptors (Lipinski definition) is 2. The molecule has 1 atom stereocenters. The number of hydrogen-bond donors (Lipinski definition) is 2. The fourth-order valence-corrected chi connectivity index (χ4v) is 1.97. The maximum Gasteiger partial charge on any atom is 0.128 e. The fraction of sp³-hybridized carbons (Fsp3) is 0.143. The molecule has 0 heterocycles. The first-order valence-electron chi connectivity index (χ1n) is 5.69. The molecule has 0 saturated heterocycles. The number of nitrogens with two attached hydrogens (primary N) is 1. The highest BCUT2D eigenvalue weighted by Gasteiger charge is 2.18. The molecule has 0 saturated carbocycles. The first-order chi connectivity index (χ1) is 9.01. The molecule has 3 N–H and O–H groups in total. The van der Waals surface area contributed by atoms with Gasteiger partial charge in [0.2, 0.25) is 0 Å². The maximum absolute atomic E-state index is 13.9. The summed E-state index contributed by atoms with van der Waals surface area (Å²) in [5.41, 5.74) is 3.59. The predicted molar refractivity (Wildman–Crippen MR) is 66.7 cm³/mol. The minimum Gasteiger partial charge on any atom is -0.271 e. The van der Waals surface area contributed by atoms with Crippen molar-refractivity contribution < 1.29 is 13.2 Å². The van der Waals surface area contributed by atoms with Gasteiger partial charge in [-0.25, -0.2) is 18.6 Å². The molecule has 0 aliphatic rings. The number of hydrazine groups is 1. The van der Waals surface area contributed by atoms with Gasteiger partial charge in [-0.05, 0) is 36.2 Å². The van der Waals surface area contributed by atoms with Crippen LogP contribution in [-0.2, 0) is 0 Å². The molecule has 0 bridgehead atoms. The van der Waals surface area contributed by atoms with Crippen molar-refractivity contribution in [3.8, 4) is 0 Å². The minimum absolute atomic E-state index is 0.225. The van der Waals surface area contributed by atoms with E-state index >= 15 is 0 Å². The molecule has 2 aromatic carbocycles. The molecular weight excluding hydrogens is 253 g/mol. The van der Waals surface area contributed by atoms with Crippen molar-refractivity contribution in [1.29, 1.82) is 0 Å². The molecule has 0 fully saturated rings.